The van der Waals surface area contributed by atoms with Gasteiger partial charge in [-0.25, -0.2) is 0 Å². The van der Waals surface area contributed by atoms with E-state index in [4.69, 9.17) is 10.5 Å². The van der Waals surface area contributed by atoms with Crippen molar-refractivity contribution in [2.24, 2.45) is 0 Å². The van der Waals surface area contributed by atoms with Gasteiger partial charge in [-0.2, -0.15) is 0 Å². The van der Waals surface area contributed by atoms with Crippen LogP contribution in [0.15, 0.2) is 36.4 Å². The van der Waals surface area contributed by atoms with Gasteiger partial charge in [-0.15, -0.1) is 0 Å². The molecule has 2 aromatic carbocycles. The smallest absolute Gasteiger partial charge is 0.259 e. The Hall–Kier alpha value is -3.02. The van der Waals surface area contributed by atoms with Crippen molar-refractivity contribution in [3.8, 4) is 5.75 Å². The zero-order valence-corrected chi connectivity index (χ0v) is 11.3. The number of nitrogens with one attached hydrogen (secondary N) is 2. The van der Waals surface area contributed by atoms with Crippen LogP contribution in [0.1, 0.15) is 20.7 Å². The number of rotatable bonds is 3. The molecule has 1 aliphatic rings. The summed E-state index contributed by atoms with van der Waals surface area (Å²) in [7, 11) is 1.57. The fraction of sp³-hybridized carbons (Fsp3) is 0.0667. The van der Waals surface area contributed by atoms with Crippen molar-refractivity contribution in [3.63, 3.8) is 0 Å². The summed E-state index contributed by atoms with van der Waals surface area (Å²) in [5.74, 6) is -0.0968. The maximum atomic E-state index is 11.6. The first-order valence-corrected chi connectivity index (χ1v) is 6.29. The Balaban J connectivity index is 1.95. The number of hydrogen-bond acceptors (Lipinski definition) is 5. The summed E-state index contributed by atoms with van der Waals surface area (Å²) in [6.07, 6.45) is 0. The Kier molecular flexibility index (Phi) is 2.98. The van der Waals surface area contributed by atoms with E-state index in [-0.39, 0.29) is 5.91 Å². The molecule has 0 unspecified atom stereocenters. The van der Waals surface area contributed by atoms with Crippen molar-refractivity contribution < 1.29 is 14.3 Å². The Morgan fingerprint density at radius 2 is 1.81 bits per heavy atom. The molecule has 0 radical (unpaired) electrons. The van der Waals surface area contributed by atoms with Crippen LogP contribution in [0.3, 0.4) is 0 Å². The lowest BCUT2D eigenvalue weighted by atomic mass is 10.1. The maximum absolute atomic E-state index is 11.6. The molecule has 0 saturated carbocycles. The molecule has 2 amide bonds. The summed E-state index contributed by atoms with van der Waals surface area (Å²) >= 11 is 0. The van der Waals surface area contributed by atoms with Crippen LogP contribution in [0.25, 0.3) is 0 Å². The van der Waals surface area contributed by atoms with Crippen molar-refractivity contribution in [1.82, 2.24) is 5.32 Å². The second kappa shape index (κ2) is 4.82. The molecule has 0 saturated heterocycles. The third-order valence-corrected chi connectivity index (χ3v) is 3.28. The molecule has 0 fully saturated rings. The Morgan fingerprint density at radius 1 is 1.05 bits per heavy atom. The van der Waals surface area contributed by atoms with Crippen LogP contribution < -0.4 is 21.1 Å². The first-order valence-electron chi connectivity index (χ1n) is 6.29. The highest BCUT2D eigenvalue weighted by Crippen LogP contribution is 2.29. The number of nitrogens with two attached hydrogens (primary N) is 1. The van der Waals surface area contributed by atoms with Crippen LogP contribution >= 0.6 is 0 Å². The van der Waals surface area contributed by atoms with Crippen LogP contribution in [0.4, 0.5) is 17.1 Å². The van der Waals surface area contributed by atoms with E-state index in [9.17, 15) is 9.59 Å². The molecule has 1 aliphatic heterocycles. The average Bonchev–Trinajstić information content (AvgIpc) is 2.76. The van der Waals surface area contributed by atoms with Crippen LogP contribution in [-0.4, -0.2) is 18.9 Å². The molecule has 0 bridgehead atoms. The number of anilines is 3. The molecule has 0 spiro atoms. The van der Waals surface area contributed by atoms with Crippen molar-refractivity contribution in [2.75, 3.05) is 18.2 Å². The number of benzene rings is 2. The normalized spacial score (nSPS) is 12.8. The Bertz CT molecular complexity index is 756. The summed E-state index contributed by atoms with van der Waals surface area (Å²) in [5, 5.41) is 5.37. The van der Waals surface area contributed by atoms with Gasteiger partial charge < -0.3 is 15.8 Å². The van der Waals surface area contributed by atoms with Gasteiger partial charge in [0.2, 0.25) is 0 Å². The summed E-state index contributed by atoms with van der Waals surface area (Å²) in [6.45, 7) is 0. The number of ether oxygens (including phenoxy) is 1. The van der Waals surface area contributed by atoms with E-state index in [0.717, 1.165) is 0 Å². The second-order valence-corrected chi connectivity index (χ2v) is 4.62. The van der Waals surface area contributed by atoms with Crippen LogP contribution in [-0.2, 0) is 0 Å². The third-order valence-electron chi connectivity index (χ3n) is 3.28. The van der Waals surface area contributed by atoms with Crippen LogP contribution in [0.5, 0.6) is 5.75 Å². The largest absolute Gasteiger partial charge is 0.497 e. The number of carbonyl (C=O) groups is 2. The SMILES string of the molecule is COc1ccc(N)c(Nc2ccc3c(c2)C(=O)NC3=O)c1. The monoisotopic (exact) mass is 283 g/mol. The zero-order chi connectivity index (χ0) is 15.0. The average molecular weight is 283 g/mol. The molecule has 0 atom stereocenters. The summed E-state index contributed by atoms with van der Waals surface area (Å²) in [5.41, 5.74) is 8.52. The summed E-state index contributed by atoms with van der Waals surface area (Å²) in [6, 6.07) is 10.2. The van der Waals surface area contributed by atoms with Gasteiger partial charge >= 0.3 is 0 Å². The number of carbonyl (C=O) groups excluding carboxylic acids is 2. The second-order valence-electron chi connectivity index (χ2n) is 4.62. The van der Waals surface area contributed by atoms with Crippen molar-refractivity contribution >= 4 is 28.9 Å². The highest BCUT2D eigenvalue weighted by atomic mass is 16.5. The molecule has 0 aliphatic carbocycles. The van der Waals surface area contributed by atoms with Gasteiger partial charge in [-0.3, -0.25) is 14.9 Å². The minimum Gasteiger partial charge on any atom is -0.497 e. The summed E-state index contributed by atoms with van der Waals surface area (Å²) in [4.78, 5) is 23.1. The van der Waals surface area contributed by atoms with Gasteiger partial charge in [0.25, 0.3) is 11.8 Å². The number of hydrogen-bond donors (Lipinski definition) is 3. The van der Waals surface area contributed by atoms with Crippen LogP contribution in [0, 0.1) is 0 Å². The number of imide groups is 1. The molecule has 4 N–H and O–H groups in total. The molecule has 3 rings (SSSR count). The van der Waals surface area contributed by atoms with E-state index in [1.165, 1.54) is 0 Å². The van der Waals surface area contributed by atoms with Gasteiger partial charge in [-0.05, 0) is 30.3 Å². The fourth-order valence-electron chi connectivity index (χ4n) is 2.17. The molecule has 2 aromatic rings. The van der Waals surface area contributed by atoms with Gasteiger partial charge in [0.05, 0.1) is 29.6 Å². The predicted molar refractivity (Wildman–Crippen MR) is 78.9 cm³/mol. The van der Waals surface area contributed by atoms with Gasteiger partial charge in [0, 0.05) is 11.8 Å². The van der Waals surface area contributed by atoms with Crippen LogP contribution in [0.2, 0.25) is 0 Å². The predicted octanol–water partition coefficient (Wildman–Crippen LogP) is 1.90. The van der Waals surface area contributed by atoms with Crippen molar-refractivity contribution in [2.45, 2.75) is 0 Å². The number of nitrogen functional groups attached to an aromatic ring is 1. The maximum Gasteiger partial charge on any atom is 0.259 e. The summed E-state index contributed by atoms with van der Waals surface area (Å²) < 4.78 is 5.15. The highest BCUT2D eigenvalue weighted by molar-refractivity contribution is 6.21. The van der Waals surface area contributed by atoms with E-state index >= 15 is 0 Å². The fourth-order valence-corrected chi connectivity index (χ4v) is 2.17. The topological polar surface area (TPSA) is 93.4 Å². The molecule has 21 heavy (non-hydrogen) atoms. The number of amides is 2. The van der Waals surface area contributed by atoms with E-state index in [1.807, 2.05) is 0 Å². The minimum absolute atomic E-state index is 0.353. The molecule has 0 aromatic heterocycles. The molecular formula is C15H13N3O3. The number of fused-ring (bicyclic) bond motifs is 1. The molecule has 6 heteroatoms. The van der Waals surface area contributed by atoms with Gasteiger partial charge in [-0.1, -0.05) is 0 Å². The molecular weight excluding hydrogens is 270 g/mol. The minimum atomic E-state index is -0.391. The first-order chi connectivity index (χ1) is 10.1. The number of methoxy groups -OCH3 is 1. The van der Waals surface area contributed by atoms with E-state index in [1.54, 1.807) is 43.5 Å². The Morgan fingerprint density at radius 3 is 2.57 bits per heavy atom. The van der Waals surface area contributed by atoms with Crippen molar-refractivity contribution in [3.05, 3.63) is 47.5 Å². The lowest BCUT2D eigenvalue weighted by Gasteiger charge is -2.11. The van der Waals surface area contributed by atoms with E-state index in [2.05, 4.69) is 10.6 Å². The standard InChI is InChI=1S/C15H13N3O3/c1-21-9-3-5-12(16)13(7-9)17-8-2-4-10-11(6-8)15(20)18-14(10)19/h2-7,17H,16H2,1H3,(H,18,19,20). The van der Waals surface area contributed by atoms with Gasteiger partial charge in [0.15, 0.2) is 0 Å². The lowest BCUT2D eigenvalue weighted by Crippen LogP contribution is -2.19. The lowest BCUT2D eigenvalue weighted by molar-refractivity contribution is 0.0879. The Labute approximate surface area is 120 Å². The molecule has 106 valence electrons. The van der Waals surface area contributed by atoms with E-state index in [0.29, 0.717) is 33.9 Å². The molecule has 6 nitrogen and oxygen atoms in total. The van der Waals surface area contributed by atoms with E-state index < -0.39 is 5.91 Å². The first kappa shape index (κ1) is 13.0. The molecule has 1 heterocycles. The van der Waals surface area contributed by atoms with Crippen molar-refractivity contribution in [1.29, 1.82) is 0 Å². The van der Waals surface area contributed by atoms with Gasteiger partial charge in [0.1, 0.15) is 5.75 Å². The zero-order valence-electron chi connectivity index (χ0n) is 11.3. The quantitative estimate of drug-likeness (QED) is 0.591. The highest BCUT2D eigenvalue weighted by Gasteiger charge is 2.26. The third kappa shape index (κ3) is 2.27.